The third-order valence-electron chi connectivity index (χ3n) is 3.12. The molecule has 1 heterocycles. The molecule has 0 amide bonds. The minimum Gasteiger partial charge on any atom is -0.496 e. The predicted octanol–water partition coefficient (Wildman–Crippen LogP) is 4.06. The summed E-state index contributed by atoms with van der Waals surface area (Å²) in [5.74, 6) is 0.774. The van der Waals surface area contributed by atoms with E-state index in [9.17, 15) is 9.18 Å². The van der Waals surface area contributed by atoms with Crippen LogP contribution in [-0.2, 0) is 0 Å². The summed E-state index contributed by atoms with van der Waals surface area (Å²) < 4.78 is 23.9. The molecule has 20 heavy (non-hydrogen) atoms. The number of benzene rings is 2. The fourth-order valence-electron chi connectivity index (χ4n) is 2.14. The zero-order valence-corrected chi connectivity index (χ0v) is 10.7. The first-order valence-electron chi connectivity index (χ1n) is 6.04. The van der Waals surface area contributed by atoms with Gasteiger partial charge >= 0.3 is 0 Å². The lowest BCUT2D eigenvalue weighted by atomic mass is 10.1. The lowest BCUT2D eigenvalue weighted by Gasteiger charge is -2.04. The van der Waals surface area contributed by atoms with E-state index in [1.165, 1.54) is 19.2 Å². The Morgan fingerprint density at radius 2 is 2.00 bits per heavy atom. The first-order chi connectivity index (χ1) is 9.71. The first-order valence-corrected chi connectivity index (χ1v) is 6.04. The SMILES string of the molecule is COc1ccc(-c2cc3cc(F)ccc3o2)cc1C=O. The summed E-state index contributed by atoms with van der Waals surface area (Å²) in [7, 11) is 1.51. The summed E-state index contributed by atoms with van der Waals surface area (Å²) in [6.45, 7) is 0. The van der Waals surface area contributed by atoms with Gasteiger partial charge < -0.3 is 9.15 Å². The molecule has 0 fully saturated rings. The van der Waals surface area contributed by atoms with Crippen molar-refractivity contribution in [2.24, 2.45) is 0 Å². The number of ether oxygens (including phenoxy) is 1. The average Bonchev–Trinajstić information content (AvgIpc) is 2.89. The number of hydrogen-bond acceptors (Lipinski definition) is 3. The van der Waals surface area contributed by atoms with Crippen molar-refractivity contribution >= 4 is 17.3 Å². The number of aldehydes is 1. The first kappa shape index (κ1) is 12.4. The minimum absolute atomic E-state index is 0.312. The Balaban J connectivity index is 2.12. The van der Waals surface area contributed by atoms with Crippen LogP contribution in [0.3, 0.4) is 0 Å². The van der Waals surface area contributed by atoms with Crippen LogP contribution in [0.5, 0.6) is 5.75 Å². The van der Waals surface area contributed by atoms with Crippen LogP contribution < -0.4 is 4.74 Å². The molecule has 0 spiro atoms. The van der Waals surface area contributed by atoms with E-state index in [4.69, 9.17) is 9.15 Å². The highest BCUT2D eigenvalue weighted by Crippen LogP contribution is 2.30. The second-order valence-electron chi connectivity index (χ2n) is 4.37. The van der Waals surface area contributed by atoms with E-state index in [1.54, 1.807) is 30.3 Å². The maximum absolute atomic E-state index is 13.2. The molecule has 4 heteroatoms. The maximum Gasteiger partial charge on any atom is 0.153 e. The van der Waals surface area contributed by atoms with Crippen molar-refractivity contribution in [3.05, 3.63) is 53.8 Å². The largest absolute Gasteiger partial charge is 0.496 e. The van der Waals surface area contributed by atoms with E-state index in [2.05, 4.69) is 0 Å². The van der Waals surface area contributed by atoms with Gasteiger partial charge in [0.2, 0.25) is 0 Å². The Morgan fingerprint density at radius 3 is 2.75 bits per heavy atom. The fourth-order valence-corrected chi connectivity index (χ4v) is 2.14. The van der Waals surface area contributed by atoms with Gasteiger partial charge in [-0.15, -0.1) is 0 Å². The van der Waals surface area contributed by atoms with Crippen LogP contribution in [0, 0.1) is 5.82 Å². The lowest BCUT2D eigenvalue weighted by Crippen LogP contribution is -1.90. The van der Waals surface area contributed by atoms with E-state index in [1.807, 2.05) is 0 Å². The van der Waals surface area contributed by atoms with Crippen LogP contribution in [0.4, 0.5) is 4.39 Å². The number of rotatable bonds is 3. The third-order valence-corrected chi connectivity index (χ3v) is 3.12. The molecule has 100 valence electrons. The van der Waals surface area contributed by atoms with Crippen molar-refractivity contribution in [1.82, 2.24) is 0 Å². The number of methoxy groups -OCH3 is 1. The Labute approximate surface area is 114 Å². The zero-order valence-electron chi connectivity index (χ0n) is 10.7. The van der Waals surface area contributed by atoms with Gasteiger partial charge in [0.05, 0.1) is 12.7 Å². The van der Waals surface area contributed by atoms with Gasteiger partial charge in [0.15, 0.2) is 6.29 Å². The van der Waals surface area contributed by atoms with Gasteiger partial charge in [0.25, 0.3) is 0 Å². The molecule has 2 aromatic carbocycles. The van der Waals surface area contributed by atoms with Crippen molar-refractivity contribution in [2.75, 3.05) is 7.11 Å². The summed E-state index contributed by atoms with van der Waals surface area (Å²) in [4.78, 5) is 11.0. The molecule has 0 aliphatic rings. The topological polar surface area (TPSA) is 39.4 Å². The monoisotopic (exact) mass is 270 g/mol. The van der Waals surface area contributed by atoms with Gasteiger partial charge in [-0.3, -0.25) is 4.79 Å². The van der Waals surface area contributed by atoms with Crippen LogP contribution in [-0.4, -0.2) is 13.4 Å². The van der Waals surface area contributed by atoms with Crippen LogP contribution in [0.1, 0.15) is 10.4 Å². The van der Waals surface area contributed by atoms with Crippen LogP contribution in [0.15, 0.2) is 46.9 Å². The lowest BCUT2D eigenvalue weighted by molar-refractivity contribution is 0.112. The standard InChI is InChI=1S/C16H11FO3/c1-19-14-4-2-10(6-12(14)9-18)16-8-11-7-13(17)3-5-15(11)20-16/h2-9H,1H3. The number of furan rings is 1. The summed E-state index contributed by atoms with van der Waals surface area (Å²) in [6, 6.07) is 11.3. The second-order valence-corrected chi connectivity index (χ2v) is 4.37. The summed E-state index contributed by atoms with van der Waals surface area (Å²) >= 11 is 0. The van der Waals surface area contributed by atoms with E-state index < -0.39 is 0 Å². The zero-order chi connectivity index (χ0) is 14.1. The molecule has 0 aliphatic carbocycles. The summed E-state index contributed by atoms with van der Waals surface area (Å²) in [5.41, 5.74) is 1.78. The van der Waals surface area contributed by atoms with Gasteiger partial charge in [-0.1, -0.05) is 0 Å². The van der Waals surface area contributed by atoms with Gasteiger partial charge in [-0.25, -0.2) is 4.39 Å². The van der Waals surface area contributed by atoms with Crippen molar-refractivity contribution < 1.29 is 18.3 Å². The number of hydrogen-bond donors (Lipinski definition) is 0. The van der Waals surface area contributed by atoms with E-state index in [-0.39, 0.29) is 5.82 Å². The predicted molar refractivity (Wildman–Crippen MR) is 73.5 cm³/mol. The molecule has 0 unspecified atom stereocenters. The Morgan fingerprint density at radius 1 is 1.15 bits per heavy atom. The van der Waals surface area contributed by atoms with Crippen LogP contribution >= 0.6 is 0 Å². The minimum atomic E-state index is -0.312. The van der Waals surface area contributed by atoms with Gasteiger partial charge in [0.1, 0.15) is 22.9 Å². The van der Waals surface area contributed by atoms with E-state index in [0.717, 1.165) is 11.8 Å². The van der Waals surface area contributed by atoms with Gasteiger partial charge in [0, 0.05) is 10.9 Å². The van der Waals surface area contributed by atoms with Crippen LogP contribution in [0.2, 0.25) is 0 Å². The molecule has 0 saturated heterocycles. The summed E-state index contributed by atoms with van der Waals surface area (Å²) in [5, 5.41) is 0.684. The van der Waals surface area contributed by atoms with Crippen molar-refractivity contribution in [3.63, 3.8) is 0 Å². The van der Waals surface area contributed by atoms with Crippen LogP contribution in [0.25, 0.3) is 22.3 Å². The number of fused-ring (bicyclic) bond motifs is 1. The maximum atomic E-state index is 13.2. The Kier molecular flexibility index (Phi) is 2.99. The normalized spacial score (nSPS) is 10.7. The number of carbonyl (C=O) groups excluding carboxylic acids is 1. The highest BCUT2D eigenvalue weighted by Gasteiger charge is 2.10. The summed E-state index contributed by atoms with van der Waals surface area (Å²) in [6.07, 6.45) is 0.727. The fraction of sp³-hybridized carbons (Fsp3) is 0.0625. The smallest absolute Gasteiger partial charge is 0.153 e. The molecule has 0 bridgehead atoms. The molecule has 0 saturated carbocycles. The molecule has 3 nitrogen and oxygen atoms in total. The molecule has 0 radical (unpaired) electrons. The average molecular weight is 270 g/mol. The highest BCUT2D eigenvalue weighted by atomic mass is 19.1. The van der Waals surface area contributed by atoms with Gasteiger partial charge in [-0.2, -0.15) is 0 Å². The quantitative estimate of drug-likeness (QED) is 0.674. The Hall–Kier alpha value is -2.62. The van der Waals surface area contributed by atoms with E-state index in [0.29, 0.717) is 28.0 Å². The highest BCUT2D eigenvalue weighted by molar-refractivity contribution is 5.86. The molecule has 3 aromatic rings. The van der Waals surface area contributed by atoms with Crippen molar-refractivity contribution in [2.45, 2.75) is 0 Å². The van der Waals surface area contributed by atoms with E-state index >= 15 is 0 Å². The molecular formula is C16H11FO3. The molecule has 0 aliphatic heterocycles. The molecule has 1 aromatic heterocycles. The van der Waals surface area contributed by atoms with Crippen molar-refractivity contribution in [1.29, 1.82) is 0 Å². The molecule has 0 atom stereocenters. The number of carbonyl (C=O) groups is 1. The second kappa shape index (κ2) is 4.81. The van der Waals surface area contributed by atoms with Gasteiger partial charge in [-0.05, 0) is 42.5 Å². The molecule has 0 N–H and O–H groups in total. The van der Waals surface area contributed by atoms with Crippen molar-refractivity contribution in [3.8, 4) is 17.1 Å². The number of halogens is 1. The molecule has 3 rings (SSSR count). The Bertz CT molecular complexity index is 790. The molecular weight excluding hydrogens is 259 g/mol. The third kappa shape index (κ3) is 2.05.